The van der Waals surface area contributed by atoms with Crippen molar-refractivity contribution in [1.29, 1.82) is 0 Å². The second-order valence-corrected chi connectivity index (χ2v) is 4.64. The van der Waals surface area contributed by atoms with Crippen molar-refractivity contribution < 1.29 is 9.90 Å². The van der Waals surface area contributed by atoms with Crippen LogP contribution in [0.25, 0.3) is 0 Å². The van der Waals surface area contributed by atoms with E-state index < -0.39 is 0 Å². The van der Waals surface area contributed by atoms with Crippen LogP contribution in [0.5, 0.6) is 0 Å². The lowest BCUT2D eigenvalue weighted by atomic mass is 9.97. The number of aliphatic hydroxyl groups excluding tert-OH is 1. The van der Waals surface area contributed by atoms with Gasteiger partial charge >= 0.3 is 0 Å². The van der Waals surface area contributed by atoms with Crippen molar-refractivity contribution in [1.82, 2.24) is 4.90 Å². The Morgan fingerprint density at radius 1 is 1.33 bits per heavy atom. The summed E-state index contributed by atoms with van der Waals surface area (Å²) in [4.78, 5) is 14.1. The van der Waals surface area contributed by atoms with E-state index in [1.54, 1.807) is 24.3 Å². The van der Waals surface area contributed by atoms with Crippen LogP contribution >= 0.6 is 0 Å². The molecule has 3 heteroatoms. The molecule has 0 atom stereocenters. The van der Waals surface area contributed by atoms with Crippen molar-refractivity contribution >= 4 is 5.91 Å². The molecule has 1 aromatic carbocycles. The number of amides is 1. The number of rotatable bonds is 2. The average molecular weight is 243 g/mol. The van der Waals surface area contributed by atoms with E-state index in [4.69, 9.17) is 11.5 Å². The van der Waals surface area contributed by atoms with Crippen molar-refractivity contribution in [2.24, 2.45) is 5.92 Å². The molecule has 1 aliphatic heterocycles. The molecule has 94 valence electrons. The summed E-state index contributed by atoms with van der Waals surface area (Å²) >= 11 is 0. The fraction of sp³-hybridized carbons (Fsp3) is 0.400. The lowest BCUT2D eigenvalue weighted by Crippen LogP contribution is -2.39. The van der Waals surface area contributed by atoms with Gasteiger partial charge in [0.25, 0.3) is 5.91 Å². The maximum absolute atomic E-state index is 12.2. The van der Waals surface area contributed by atoms with Crippen molar-refractivity contribution in [3.05, 3.63) is 35.4 Å². The molecule has 0 unspecified atom stereocenters. The van der Waals surface area contributed by atoms with Gasteiger partial charge in [-0.2, -0.15) is 0 Å². The lowest BCUT2D eigenvalue weighted by molar-refractivity contribution is 0.0651. The van der Waals surface area contributed by atoms with Crippen molar-refractivity contribution in [3.63, 3.8) is 0 Å². The highest BCUT2D eigenvalue weighted by atomic mass is 16.3. The quantitative estimate of drug-likeness (QED) is 0.800. The van der Waals surface area contributed by atoms with Crippen molar-refractivity contribution in [2.75, 3.05) is 19.7 Å². The normalized spacial score (nSPS) is 16.3. The molecule has 0 bridgehead atoms. The van der Waals surface area contributed by atoms with Gasteiger partial charge in [-0.05, 0) is 43.0 Å². The third-order valence-electron chi connectivity index (χ3n) is 3.46. The fourth-order valence-corrected chi connectivity index (χ4v) is 2.21. The molecule has 1 aromatic rings. The maximum Gasteiger partial charge on any atom is 0.253 e. The number of hydrogen-bond donors (Lipinski definition) is 1. The smallest absolute Gasteiger partial charge is 0.253 e. The second-order valence-electron chi connectivity index (χ2n) is 4.64. The Balaban J connectivity index is 2.01. The van der Waals surface area contributed by atoms with E-state index >= 15 is 0 Å². The summed E-state index contributed by atoms with van der Waals surface area (Å²) in [5.74, 6) is 2.93. The zero-order valence-electron chi connectivity index (χ0n) is 10.3. The van der Waals surface area contributed by atoms with Gasteiger partial charge in [0.15, 0.2) is 0 Å². The lowest BCUT2D eigenvalue weighted by Gasteiger charge is -2.31. The number of hydrogen-bond acceptors (Lipinski definition) is 2. The minimum absolute atomic E-state index is 0.0509. The van der Waals surface area contributed by atoms with E-state index in [2.05, 4.69) is 5.92 Å². The summed E-state index contributed by atoms with van der Waals surface area (Å²) < 4.78 is 0. The zero-order chi connectivity index (χ0) is 13.0. The first-order chi connectivity index (χ1) is 8.74. The molecule has 1 aliphatic rings. The van der Waals surface area contributed by atoms with Gasteiger partial charge in [0.05, 0.1) is 0 Å². The third kappa shape index (κ3) is 2.72. The fourth-order valence-electron chi connectivity index (χ4n) is 2.21. The van der Waals surface area contributed by atoms with Gasteiger partial charge in [0, 0.05) is 30.8 Å². The summed E-state index contributed by atoms with van der Waals surface area (Å²) in [6, 6.07) is 7.12. The number of carbonyl (C=O) groups is 1. The van der Waals surface area contributed by atoms with Gasteiger partial charge < -0.3 is 10.0 Å². The van der Waals surface area contributed by atoms with Gasteiger partial charge in [0.1, 0.15) is 0 Å². The van der Waals surface area contributed by atoms with Crippen LogP contribution in [0, 0.1) is 18.3 Å². The molecule has 1 saturated heterocycles. The second kappa shape index (κ2) is 5.70. The highest BCUT2D eigenvalue weighted by Crippen LogP contribution is 2.18. The van der Waals surface area contributed by atoms with Crippen LogP contribution in [0.4, 0.5) is 0 Å². The van der Waals surface area contributed by atoms with E-state index in [-0.39, 0.29) is 12.5 Å². The molecular weight excluding hydrogens is 226 g/mol. The molecule has 0 aliphatic carbocycles. The monoisotopic (exact) mass is 243 g/mol. The molecule has 1 amide bonds. The van der Waals surface area contributed by atoms with Crippen LogP contribution in [0.15, 0.2) is 24.3 Å². The van der Waals surface area contributed by atoms with Gasteiger partial charge in [-0.3, -0.25) is 4.79 Å². The predicted molar refractivity (Wildman–Crippen MR) is 70.1 cm³/mol. The molecule has 3 nitrogen and oxygen atoms in total. The summed E-state index contributed by atoms with van der Waals surface area (Å²) in [6.07, 6.45) is 7.04. The zero-order valence-corrected chi connectivity index (χ0v) is 10.3. The molecule has 2 rings (SSSR count). The number of carbonyl (C=O) groups excluding carboxylic acids is 1. The summed E-state index contributed by atoms with van der Waals surface area (Å²) in [6.45, 7) is 1.67. The molecule has 1 fully saturated rings. The van der Waals surface area contributed by atoms with E-state index in [1.165, 1.54) is 0 Å². The summed E-state index contributed by atoms with van der Waals surface area (Å²) in [7, 11) is 0. The van der Waals surface area contributed by atoms with Crippen LogP contribution < -0.4 is 0 Å². The van der Waals surface area contributed by atoms with Crippen molar-refractivity contribution in [2.45, 2.75) is 12.8 Å². The Labute approximate surface area is 107 Å². The van der Waals surface area contributed by atoms with E-state index in [0.29, 0.717) is 11.5 Å². The van der Waals surface area contributed by atoms with Gasteiger partial charge in [-0.15, -0.1) is 6.42 Å². The number of benzene rings is 1. The SMILES string of the molecule is C#Cc1ccc(C(=O)N2CCC(CO)CC2)cc1. The van der Waals surface area contributed by atoms with Crippen LogP contribution in [0.1, 0.15) is 28.8 Å². The number of aliphatic hydroxyl groups is 1. The number of piperidine rings is 1. The molecule has 0 spiro atoms. The third-order valence-corrected chi connectivity index (χ3v) is 3.46. The first-order valence-electron chi connectivity index (χ1n) is 6.21. The van der Waals surface area contributed by atoms with Crippen LogP contribution in [-0.4, -0.2) is 35.6 Å². The van der Waals surface area contributed by atoms with Gasteiger partial charge in [-0.25, -0.2) is 0 Å². The molecule has 1 N–H and O–H groups in total. The molecule has 0 saturated carbocycles. The van der Waals surface area contributed by atoms with E-state index in [9.17, 15) is 4.79 Å². The highest BCUT2D eigenvalue weighted by molar-refractivity contribution is 5.94. The topological polar surface area (TPSA) is 40.5 Å². The molecule has 0 radical (unpaired) electrons. The Bertz CT molecular complexity index is 450. The van der Waals surface area contributed by atoms with E-state index in [0.717, 1.165) is 31.5 Å². The molecule has 1 heterocycles. The first-order valence-corrected chi connectivity index (χ1v) is 6.21. The first kappa shape index (κ1) is 12.7. The Kier molecular flexibility index (Phi) is 4.01. The molecule has 0 aromatic heterocycles. The minimum Gasteiger partial charge on any atom is -0.396 e. The number of terminal acetylenes is 1. The number of likely N-dealkylation sites (tertiary alicyclic amines) is 1. The Morgan fingerprint density at radius 3 is 2.44 bits per heavy atom. The summed E-state index contributed by atoms with van der Waals surface area (Å²) in [5.41, 5.74) is 1.46. The minimum atomic E-state index is 0.0509. The molecule has 18 heavy (non-hydrogen) atoms. The average Bonchev–Trinajstić information content (AvgIpc) is 2.47. The van der Waals surface area contributed by atoms with Crippen LogP contribution in [0.2, 0.25) is 0 Å². The maximum atomic E-state index is 12.2. The van der Waals surface area contributed by atoms with Gasteiger partial charge in [-0.1, -0.05) is 5.92 Å². The number of nitrogens with zero attached hydrogens (tertiary/aromatic N) is 1. The highest BCUT2D eigenvalue weighted by Gasteiger charge is 2.22. The largest absolute Gasteiger partial charge is 0.396 e. The van der Waals surface area contributed by atoms with Gasteiger partial charge in [0.2, 0.25) is 0 Å². The predicted octanol–water partition coefficient (Wildman–Crippen LogP) is 1.51. The standard InChI is InChI=1S/C15H17NO2/c1-2-12-3-5-14(6-4-12)15(18)16-9-7-13(11-17)8-10-16/h1,3-6,13,17H,7-11H2. The molecular formula is C15H17NO2. The van der Waals surface area contributed by atoms with E-state index in [1.807, 2.05) is 4.90 Å². The summed E-state index contributed by atoms with van der Waals surface area (Å²) in [5, 5.41) is 9.07. The van der Waals surface area contributed by atoms with Crippen LogP contribution in [-0.2, 0) is 0 Å². The Hall–Kier alpha value is -1.79. The Morgan fingerprint density at radius 2 is 1.94 bits per heavy atom. The van der Waals surface area contributed by atoms with Crippen LogP contribution in [0.3, 0.4) is 0 Å². The van der Waals surface area contributed by atoms with Crippen molar-refractivity contribution in [3.8, 4) is 12.3 Å².